The Hall–Kier alpha value is -0.930. The summed E-state index contributed by atoms with van der Waals surface area (Å²) >= 11 is 15.0. The van der Waals surface area contributed by atoms with E-state index >= 15 is 0 Å². The summed E-state index contributed by atoms with van der Waals surface area (Å²) in [6, 6.07) is 13.6. The smallest absolute Gasteiger partial charge is 0.0705 e. The van der Waals surface area contributed by atoms with E-state index in [1.807, 2.05) is 57.1 Å². The average molecular weight is 604 g/mol. The minimum absolute atomic E-state index is 0.191. The number of rotatable bonds is 6. The van der Waals surface area contributed by atoms with Crippen LogP contribution < -0.4 is 0 Å². The van der Waals surface area contributed by atoms with Gasteiger partial charge >= 0.3 is 0 Å². The Morgan fingerprint density at radius 3 is 1.97 bits per heavy atom. The lowest BCUT2D eigenvalue weighted by Gasteiger charge is -2.27. The van der Waals surface area contributed by atoms with Crippen LogP contribution in [-0.2, 0) is 4.75 Å². The van der Waals surface area contributed by atoms with Gasteiger partial charge in [-0.3, -0.25) is 0 Å². The first-order valence-electron chi connectivity index (χ1n) is 10.6. The first-order chi connectivity index (χ1) is 16.2. The van der Waals surface area contributed by atoms with E-state index in [2.05, 4.69) is 92.3 Å². The zero-order valence-electron chi connectivity index (χ0n) is 17.7. The second-order valence-corrected chi connectivity index (χ2v) is 15.2. The molecule has 0 saturated carbocycles. The van der Waals surface area contributed by atoms with E-state index in [1.165, 1.54) is 50.4 Å². The Bertz CT molecular complexity index is 1430. The van der Waals surface area contributed by atoms with Crippen molar-refractivity contribution in [1.29, 1.82) is 0 Å². The van der Waals surface area contributed by atoms with E-state index in [0.717, 1.165) is 12.8 Å². The molecule has 0 aliphatic carbocycles. The van der Waals surface area contributed by atoms with Crippen molar-refractivity contribution in [3.8, 4) is 41.8 Å². The Labute approximate surface area is 226 Å². The van der Waals surface area contributed by atoms with E-state index in [1.54, 1.807) is 11.3 Å². The molecular formula is C26H19BrS6. The molecule has 0 amide bonds. The number of halogens is 1. The summed E-state index contributed by atoms with van der Waals surface area (Å²) in [5.74, 6) is 0. The van der Waals surface area contributed by atoms with Gasteiger partial charge in [-0.2, -0.15) is 0 Å². The molecule has 0 spiro atoms. The molecule has 33 heavy (non-hydrogen) atoms. The molecule has 0 bridgehead atoms. The van der Waals surface area contributed by atoms with Gasteiger partial charge in [0.05, 0.1) is 8.53 Å². The SMILES string of the molecule is CCC1(c2sccc2-c2sccc2-c2sccc2-c2sccc2-c2ccc(Br)s2)CC=CS1. The molecule has 1 aliphatic heterocycles. The van der Waals surface area contributed by atoms with Gasteiger partial charge in [0, 0.05) is 46.6 Å². The van der Waals surface area contributed by atoms with Crippen molar-refractivity contribution in [2.24, 2.45) is 0 Å². The number of thioether (sulfide) groups is 1. The van der Waals surface area contributed by atoms with Gasteiger partial charge in [0.25, 0.3) is 0 Å². The normalized spacial score (nSPS) is 17.9. The largest absolute Gasteiger partial charge is 0.147 e. The van der Waals surface area contributed by atoms with Crippen LogP contribution in [-0.4, -0.2) is 0 Å². The molecule has 0 nitrogen and oxygen atoms in total. The Balaban J connectivity index is 1.46. The molecule has 1 atom stereocenters. The van der Waals surface area contributed by atoms with Crippen molar-refractivity contribution in [3.63, 3.8) is 0 Å². The van der Waals surface area contributed by atoms with Gasteiger partial charge in [-0.05, 0) is 92.1 Å². The zero-order valence-corrected chi connectivity index (χ0v) is 24.2. The third-order valence-corrected chi connectivity index (χ3v) is 13.2. The number of hydrogen-bond donors (Lipinski definition) is 0. The van der Waals surface area contributed by atoms with Gasteiger partial charge in [0.1, 0.15) is 0 Å². The fourth-order valence-electron chi connectivity index (χ4n) is 4.40. The number of hydrogen-bond acceptors (Lipinski definition) is 6. The highest BCUT2D eigenvalue weighted by Crippen LogP contribution is 2.55. The van der Waals surface area contributed by atoms with Gasteiger partial charge < -0.3 is 0 Å². The molecular weight excluding hydrogens is 585 g/mol. The van der Waals surface area contributed by atoms with Gasteiger partial charge in [-0.25, -0.2) is 0 Å². The number of thiophene rings is 5. The maximum Gasteiger partial charge on any atom is 0.0705 e. The molecule has 5 aromatic heterocycles. The molecule has 0 saturated heterocycles. The maximum atomic E-state index is 3.63. The summed E-state index contributed by atoms with van der Waals surface area (Å²) in [4.78, 5) is 7.00. The lowest BCUT2D eigenvalue weighted by Crippen LogP contribution is -2.16. The van der Waals surface area contributed by atoms with Gasteiger partial charge in [0.15, 0.2) is 0 Å². The second-order valence-electron chi connectivity index (χ2n) is 7.80. The lowest BCUT2D eigenvalue weighted by molar-refractivity contribution is 0.633. The van der Waals surface area contributed by atoms with Crippen LogP contribution in [0.15, 0.2) is 73.2 Å². The topological polar surface area (TPSA) is 0 Å². The van der Waals surface area contributed by atoms with Crippen molar-refractivity contribution in [1.82, 2.24) is 0 Å². The summed E-state index contributed by atoms with van der Waals surface area (Å²) in [7, 11) is 0. The highest BCUT2D eigenvalue weighted by atomic mass is 79.9. The quantitative estimate of drug-likeness (QED) is 0.186. The third kappa shape index (κ3) is 3.90. The molecule has 1 unspecified atom stereocenters. The summed E-state index contributed by atoms with van der Waals surface area (Å²) in [6.45, 7) is 2.33. The van der Waals surface area contributed by atoms with Crippen molar-refractivity contribution >= 4 is 84.4 Å². The molecule has 0 fully saturated rings. The molecule has 5 aromatic rings. The molecule has 0 N–H and O–H groups in total. The molecule has 1 aliphatic rings. The van der Waals surface area contributed by atoms with Crippen molar-refractivity contribution in [2.75, 3.05) is 0 Å². The summed E-state index contributed by atoms with van der Waals surface area (Å²) < 4.78 is 1.37. The first-order valence-corrected chi connectivity index (χ1v) is 16.6. The monoisotopic (exact) mass is 602 g/mol. The van der Waals surface area contributed by atoms with Crippen molar-refractivity contribution in [2.45, 2.75) is 24.5 Å². The summed E-state index contributed by atoms with van der Waals surface area (Å²) in [5, 5.41) is 11.3. The van der Waals surface area contributed by atoms with Crippen LogP contribution in [0.5, 0.6) is 0 Å². The van der Waals surface area contributed by atoms with Crippen LogP contribution in [0.25, 0.3) is 41.8 Å². The van der Waals surface area contributed by atoms with E-state index in [4.69, 9.17) is 0 Å². The van der Waals surface area contributed by atoms with Crippen LogP contribution in [0, 0.1) is 0 Å². The molecule has 6 heterocycles. The Morgan fingerprint density at radius 2 is 1.36 bits per heavy atom. The van der Waals surface area contributed by atoms with Crippen LogP contribution in [0.4, 0.5) is 0 Å². The van der Waals surface area contributed by atoms with Crippen LogP contribution in [0.2, 0.25) is 0 Å². The highest BCUT2D eigenvalue weighted by molar-refractivity contribution is 9.11. The van der Waals surface area contributed by atoms with Crippen molar-refractivity contribution < 1.29 is 0 Å². The molecule has 0 aromatic carbocycles. The van der Waals surface area contributed by atoms with Crippen LogP contribution in [0.1, 0.15) is 24.6 Å². The van der Waals surface area contributed by atoms with Crippen LogP contribution in [0.3, 0.4) is 0 Å². The fourth-order valence-corrected chi connectivity index (χ4v) is 11.3. The van der Waals surface area contributed by atoms with E-state index < -0.39 is 0 Å². The highest BCUT2D eigenvalue weighted by Gasteiger charge is 2.36. The maximum absolute atomic E-state index is 3.63. The summed E-state index contributed by atoms with van der Waals surface area (Å²) in [6.07, 6.45) is 4.62. The molecule has 0 radical (unpaired) electrons. The van der Waals surface area contributed by atoms with Crippen LogP contribution >= 0.6 is 84.4 Å². The molecule has 166 valence electrons. The first kappa shape index (κ1) is 22.5. The van der Waals surface area contributed by atoms with Gasteiger partial charge in [-0.15, -0.1) is 68.4 Å². The average Bonchev–Trinajstić information content (AvgIpc) is 3.63. The Morgan fingerprint density at radius 1 is 0.758 bits per heavy atom. The second kappa shape index (κ2) is 9.26. The van der Waals surface area contributed by atoms with E-state index in [0.29, 0.717) is 0 Å². The standard InChI is InChI=1S/C26H19BrS6/c1-2-26(10-3-11-32-26)25-19(9-15-31-25)24-18(8-14-30-24)23-17(7-13-29-23)22-16(6-12-28-22)20-4-5-21(27)33-20/h3-9,11-15H,2,10H2,1H3. The fraction of sp³-hybridized carbons (Fsp3) is 0.154. The Kier molecular flexibility index (Phi) is 6.32. The third-order valence-electron chi connectivity index (χ3n) is 6.06. The van der Waals surface area contributed by atoms with Gasteiger partial charge in [-0.1, -0.05) is 13.0 Å². The van der Waals surface area contributed by atoms with E-state index in [9.17, 15) is 0 Å². The molecule has 7 heteroatoms. The minimum atomic E-state index is 0.191. The van der Waals surface area contributed by atoms with Crippen molar-refractivity contribution in [3.05, 3.63) is 78.1 Å². The minimum Gasteiger partial charge on any atom is -0.147 e. The van der Waals surface area contributed by atoms with Gasteiger partial charge in [0.2, 0.25) is 0 Å². The summed E-state index contributed by atoms with van der Waals surface area (Å²) in [5.41, 5.74) is 5.49. The predicted octanol–water partition coefficient (Wildman–Crippen LogP) is 11.7. The lowest BCUT2D eigenvalue weighted by atomic mass is 9.94. The zero-order chi connectivity index (χ0) is 22.4. The van der Waals surface area contributed by atoms with E-state index in [-0.39, 0.29) is 4.75 Å². The molecule has 6 rings (SSSR count). The number of allylic oxidation sites excluding steroid dienone is 1. The predicted molar refractivity (Wildman–Crippen MR) is 159 cm³/mol.